The minimum absolute atomic E-state index is 0.258. The summed E-state index contributed by atoms with van der Waals surface area (Å²) in [7, 11) is 2.17. The number of hydrogen-bond donors (Lipinski definition) is 2. The summed E-state index contributed by atoms with van der Waals surface area (Å²) in [4.78, 5) is 14.7. The third-order valence-corrected chi connectivity index (χ3v) is 6.43. The quantitative estimate of drug-likeness (QED) is 0.618. The number of likely N-dealkylation sites (N-methyl/N-ethyl adjacent to an activating group) is 1. The number of benzene rings is 1. The summed E-state index contributed by atoms with van der Waals surface area (Å²) in [6.07, 6.45) is 12.4. The Morgan fingerprint density at radius 1 is 1.09 bits per heavy atom. The summed E-state index contributed by atoms with van der Waals surface area (Å²) < 4.78 is 0. The highest BCUT2D eigenvalue weighted by atomic mass is 15.3. The SMILES string of the molecule is C/C=C/c1cc(NC2=N/C(N3CCN(C)CC3)=C/CC(C)C(/C=C/c3cccc(CC)c3)=N\2)n[nH]1. The Kier molecular flexibility index (Phi) is 8.32. The summed E-state index contributed by atoms with van der Waals surface area (Å²) in [6.45, 7) is 10.4. The van der Waals surface area contributed by atoms with Crippen LogP contribution >= 0.6 is 0 Å². The molecule has 1 fully saturated rings. The van der Waals surface area contributed by atoms with E-state index in [0.29, 0.717) is 11.8 Å². The van der Waals surface area contributed by atoms with Gasteiger partial charge in [0.2, 0.25) is 5.96 Å². The molecule has 2 aromatic rings. The Bertz CT molecular complexity index is 1140. The number of hydrogen-bond acceptors (Lipinski definition) is 6. The number of piperazine rings is 1. The molecule has 0 radical (unpaired) electrons. The van der Waals surface area contributed by atoms with Gasteiger partial charge in [0.1, 0.15) is 5.82 Å². The first-order valence-electron chi connectivity index (χ1n) is 12.6. The molecule has 2 N–H and O–H groups in total. The minimum Gasteiger partial charge on any atom is -0.354 e. The van der Waals surface area contributed by atoms with E-state index in [1.54, 1.807) is 0 Å². The molecular weight excluding hydrogens is 434 g/mol. The summed E-state index contributed by atoms with van der Waals surface area (Å²) in [5.74, 6) is 2.50. The Morgan fingerprint density at radius 3 is 2.69 bits per heavy atom. The van der Waals surface area contributed by atoms with Crippen LogP contribution in [0.25, 0.3) is 12.2 Å². The first-order valence-corrected chi connectivity index (χ1v) is 12.6. The first kappa shape index (κ1) is 24.7. The van der Waals surface area contributed by atoms with E-state index in [0.717, 1.165) is 56.2 Å². The molecule has 1 aromatic heterocycles. The molecule has 1 atom stereocenters. The fourth-order valence-electron chi connectivity index (χ4n) is 4.19. The van der Waals surface area contributed by atoms with Gasteiger partial charge < -0.3 is 15.1 Å². The average Bonchev–Trinajstić information content (AvgIpc) is 3.30. The zero-order valence-corrected chi connectivity index (χ0v) is 21.3. The van der Waals surface area contributed by atoms with Crippen LogP contribution in [0.15, 0.2) is 64.4 Å². The van der Waals surface area contributed by atoms with Gasteiger partial charge in [0.25, 0.3) is 0 Å². The van der Waals surface area contributed by atoms with Crippen LogP contribution in [-0.4, -0.2) is 64.9 Å². The van der Waals surface area contributed by atoms with Crippen LogP contribution in [0.2, 0.25) is 0 Å². The first-order chi connectivity index (χ1) is 17.0. The van der Waals surface area contributed by atoms with E-state index < -0.39 is 0 Å². The van der Waals surface area contributed by atoms with Crippen LogP contribution in [0.4, 0.5) is 5.82 Å². The summed E-state index contributed by atoms with van der Waals surface area (Å²) in [5, 5.41) is 10.8. The molecule has 2 aliphatic rings. The van der Waals surface area contributed by atoms with Gasteiger partial charge in [-0.25, -0.2) is 4.99 Å². The number of rotatable bonds is 6. The number of aromatic amines is 1. The second-order valence-electron chi connectivity index (χ2n) is 9.23. The lowest BCUT2D eigenvalue weighted by atomic mass is 9.99. The number of aryl methyl sites for hydroxylation is 1. The molecule has 1 unspecified atom stereocenters. The summed E-state index contributed by atoms with van der Waals surface area (Å²) >= 11 is 0. The minimum atomic E-state index is 0.258. The van der Waals surface area contributed by atoms with Crippen LogP contribution in [-0.2, 0) is 6.42 Å². The fraction of sp³-hybridized carbons (Fsp3) is 0.393. The Hall–Kier alpha value is -3.45. The second kappa shape index (κ2) is 11.8. The van der Waals surface area contributed by atoms with Crippen molar-refractivity contribution in [1.29, 1.82) is 0 Å². The van der Waals surface area contributed by atoms with E-state index >= 15 is 0 Å². The number of allylic oxidation sites excluding steroid dienone is 3. The molecule has 0 aliphatic carbocycles. The van der Waals surface area contributed by atoms with Gasteiger partial charge >= 0.3 is 0 Å². The molecule has 0 saturated carbocycles. The van der Waals surface area contributed by atoms with E-state index in [4.69, 9.17) is 9.98 Å². The Morgan fingerprint density at radius 2 is 1.91 bits per heavy atom. The van der Waals surface area contributed by atoms with E-state index in [9.17, 15) is 0 Å². The number of anilines is 1. The number of aromatic nitrogens is 2. The molecule has 0 spiro atoms. The highest BCUT2D eigenvalue weighted by Gasteiger charge is 2.20. The number of aliphatic imine (C=N–C) groups is 2. The molecule has 2 aliphatic heterocycles. The maximum absolute atomic E-state index is 5.00. The molecule has 7 heteroatoms. The third kappa shape index (κ3) is 6.79. The zero-order chi connectivity index (χ0) is 24.6. The smallest absolute Gasteiger partial charge is 0.230 e. The van der Waals surface area contributed by atoms with Gasteiger partial charge in [-0.3, -0.25) is 5.10 Å². The van der Waals surface area contributed by atoms with Crippen molar-refractivity contribution in [2.24, 2.45) is 15.9 Å². The molecule has 7 nitrogen and oxygen atoms in total. The second-order valence-corrected chi connectivity index (χ2v) is 9.23. The molecule has 3 heterocycles. The van der Waals surface area contributed by atoms with Crippen molar-refractivity contribution in [2.75, 3.05) is 38.5 Å². The molecule has 35 heavy (non-hydrogen) atoms. The number of H-pyrrole nitrogens is 1. The Balaban J connectivity index is 1.64. The molecular formula is C28H37N7. The van der Waals surface area contributed by atoms with Crippen molar-refractivity contribution < 1.29 is 0 Å². The van der Waals surface area contributed by atoms with Crippen molar-refractivity contribution in [3.63, 3.8) is 0 Å². The zero-order valence-electron chi connectivity index (χ0n) is 21.3. The highest BCUT2D eigenvalue weighted by molar-refractivity contribution is 6.09. The van der Waals surface area contributed by atoms with Gasteiger partial charge in [0.05, 0.1) is 5.69 Å². The van der Waals surface area contributed by atoms with Gasteiger partial charge in [-0.1, -0.05) is 50.3 Å². The van der Waals surface area contributed by atoms with Crippen LogP contribution in [0, 0.1) is 5.92 Å². The van der Waals surface area contributed by atoms with Crippen molar-refractivity contribution in [1.82, 2.24) is 20.0 Å². The number of nitrogens with one attached hydrogen (secondary N) is 2. The van der Waals surface area contributed by atoms with Crippen molar-refractivity contribution in [3.05, 3.63) is 71.2 Å². The van der Waals surface area contributed by atoms with Crippen molar-refractivity contribution in [2.45, 2.75) is 33.6 Å². The van der Waals surface area contributed by atoms with E-state index in [1.165, 1.54) is 11.1 Å². The maximum atomic E-state index is 5.00. The molecule has 4 rings (SSSR count). The molecule has 0 amide bonds. The molecule has 1 saturated heterocycles. The Labute approximate surface area is 209 Å². The lowest BCUT2D eigenvalue weighted by Crippen LogP contribution is -2.43. The van der Waals surface area contributed by atoms with Crippen molar-refractivity contribution >= 4 is 29.6 Å². The molecule has 184 valence electrons. The third-order valence-electron chi connectivity index (χ3n) is 6.43. The van der Waals surface area contributed by atoms with Crippen LogP contribution in [0.3, 0.4) is 0 Å². The fourth-order valence-corrected chi connectivity index (χ4v) is 4.19. The topological polar surface area (TPSA) is 71.9 Å². The van der Waals surface area contributed by atoms with E-state index in [2.05, 4.69) is 88.7 Å². The van der Waals surface area contributed by atoms with Gasteiger partial charge in [-0.2, -0.15) is 10.1 Å². The van der Waals surface area contributed by atoms with Crippen LogP contribution < -0.4 is 5.32 Å². The van der Waals surface area contributed by atoms with Gasteiger partial charge in [-0.05, 0) is 56.2 Å². The van der Waals surface area contributed by atoms with Gasteiger partial charge in [0.15, 0.2) is 5.82 Å². The highest BCUT2D eigenvalue weighted by Crippen LogP contribution is 2.20. The monoisotopic (exact) mass is 471 g/mol. The predicted octanol–water partition coefficient (Wildman–Crippen LogP) is 5.06. The normalized spacial score (nSPS) is 24.4. The largest absolute Gasteiger partial charge is 0.354 e. The van der Waals surface area contributed by atoms with Crippen LogP contribution in [0.5, 0.6) is 0 Å². The number of nitrogens with zero attached hydrogens (tertiary/aromatic N) is 5. The lowest BCUT2D eigenvalue weighted by Gasteiger charge is -2.34. The maximum Gasteiger partial charge on any atom is 0.230 e. The molecule has 0 bridgehead atoms. The predicted molar refractivity (Wildman–Crippen MR) is 148 cm³/mol. The summed E-state index contributed by atoms with van der Waals surface area (Å²) in [5.41, 5.74) is 4.45. The summed E-state index contributed by atoms with van der Waals surface area (Å²) in [6, 6.07) is 10.6. The molecule has 1 aromatic carbocycles. The van der Waals surface area contributed by atoms with E-state index in [-0.39, 0.29) is 5.92 Å². The van der Waals surface area contributed by atoms with Crippen LogP contribution in [0.1, 0.15) is 44.0 Å². The lowest BCUT2D eigenvalue weighted by molar-refractivity contribution is 0.184. The van der Waals surface area contributed by atoms with Gasteiger partial charge in [0, 0.05) is 43.9 Å². The number of guanidine groups is 1. The van der Waals surface area contributed by atoms with Gasteiger partial charge in [-0.15, -0.1) is 0 Å². The standard InChI is InChI=1S/C28H37N7/c1-5-8-24-20-26(33-32-24)30-28-29-25(13-12-23-10-7-9-22(6-2)19-23)21(3)11-14-27(31-28)35-17-15-34(4)16-18-35/h5,7-10,12-14,19-21H,6,11,15-18H2,1-4H3,(H2,30,31,32,33)/b8-5+,13-12+,27-14-,29-25-. The van der Waals surface area contributed by atoms with E-state index in [1.807, 2.05) is 25.1 Å². The average molecular weight is 472 g/mol. The van der Waals surface area contributed by atoms with Crippen molar-refractivity contribution in [3.8, 4) is 0 Å².